The highest BCUT2D eigenvalue weighted by molar-refractivity contribution is 5.82. The molecule has 0 nitrogen and oxygen atoms in total. The zero-order valence-corrected chi connectivity index (χ0v) is 14.6. The van der Waals surface area contributed by atoms with Gasteiger partial charge in [-0.05, 0) is 52.8 Å². The molecule has 0 aliphatic rings. The van der Waals surface area contributed by atoms with Gasteiger partial charge in [0.05, 0.1) is 0 Å². The second-order valence-electron chi connectivity index (χ2n) is 6.24. The fraction of sp³-hybridized carbons (Fsp3) is 0.167. The van der Waals surface area contributed by atoms with Crippen molar-refractivity contribution in [3.63, 3.8) is 0 Å². The third kappa shape index (κ3) is 4.45. The Labute approximate surface area is 149 Å². The third-order valence-electron chi connectivity index (χ3n) is 4.37. The van der Waals surface area contributed by atoms with Gasteiger partial charge in [0.25, 0.3) is 0 Å². The summed E-state index contributed by atoms with van der Waals surface area (Å²) in [5.74, 6) is -0.208. The lowest BCUT2D eigenvalue weighted by atomic mass is 9.92. The maximum Gasteiger partial charge on any atom is 0.123 e. The maximum atomic E-state index is 13.4. The molecule has 0 fully saturated rings. The van der Waals surface area contributed by atoms with E-state index in [4.69, 9.17) is 0 Å². The van der Waals surface area contributed by atoms with Crippen LogP contribution in [0.5, 0.6) is 0 Å². The number of unbranched alkanes of at least 4 members (excludes halogenated alkanes) is 1. The normalized spacial score (nSPS) is 11.1. The molecule has 0 N–H and O–H groups in total. The fourth-order valence-electron chi connectivity index (χ4n) is 3.05. The second kappa shape index (κ2) is 8.43. The molecule has 0 spiro atoms. The van der Waals surface area contributed by atoms with Crippen molar-refractivity contribution in [2.75, 3.05) is 0 Å². The first kappa shape index (κ1) is 17.2. The van der Waals surface area contributed by atoms with Crippen LogP contribution >= 0.6 is 0 Å². The number of hydrogen-bond donors (Lipinski definition) is 0. The smallest absolute Gasteiger partial charge is 0.123 e. The predicted molar refractivity (Wildman–Crippen MR) is 106 cm³/mol. The van der Waals surface area contributed by atoms with Crippen molar-refractivity contribution >= 4 is 12.2 Å². The van der Waals surface area contributed by atoms with Gasteiger partial charge < -0.3 is 0 Å². The van der Waals surface area contributed by atoms with E-state index >= 15 is 0 Å². The van der Waals surface area contributed by atoms with Crippen molar-refractivity contribution in [1.29, 1.82) is 0 Å². The van der Waals surface area contributed by atoms with Crippen LogP contribution in [0.25, 0.3) is 23.3 Å². The first-order valence-electron chi connectivity index (χ1n) is 8.89. The highest BCUT2D eigenvalue weighted by Crippen LogP contribution is 2.29. The van der Waals surface area contributed by atoms with E-state index in [-0.39, 0.29) is 5.82 Å². The Bertz CT molecular complexity index is 861. The molecule has 0 atom stereocenters. The van der Waals surface area contributed by atoms with Crippen molar-refractivity contribution in [1.82, 2.24) is 0 Å². The van der Waals surface area contributed by atoms with Gasteiger partial charge in [-0.1, -0.05) is 86.2 Å². The van der Waals surface area contributed by atoms with Crippen molar-refractivity contribution in [2.45, 2.75) is 26.2 Å². The van der Waals surface area contributed by atoms with Gasteiger partial charge in [0, 0.05) is 0 Å². The van der Waals surface area contributed by atoms with Crippen LogP contribution in [-0.4, -0.2) is 0 Å². The molecule has 3 aromatic carbocycles. The Balaban J connectivity index is 1.97. The van der Waals surface area contributed by atoms with Gasteiger partial charge >= 0.3 is 0 Å². The average molecular weight is 330 g/mol. The summed E-state index contributed by atoms with van der Waals surface area (Å²) < 4.78 is 13.4. The first-order valence-corrected chi connectivity index (χ1v) is 8.89. The molecule has 0 amide bonds. The van der Waals surface area contributed by atoms with Crippen LogP contribution in [0.1, 0.15) is 36.5 Å². The van der Waals surface area contributed by atoms with E-state index in [2.05, 4.69) is 55.5 Å². The molecule has 0 bridgehead atoms. The van der Waals surface area contributed by atoms with Crippen molar-refractivity contribution < 1.29 is 4.39 Å². The van der Waals surface area contributed by atoms with E-state index in [1.165, 1.54) is 35.6 Å². The number of rotatable bonds is 6. The predicted octanol–water partition coefficient (Wildman–Crippen LogP) is 7.01. The summed E-state index contributed by atoms with van der Waals surface area (Å²) in [7, 11) is 0. The number of benzene rings is 3. The molecule has 126 valence electrons. The summed E-state index contributed by atoms with van der Waals surface area (Å²) in [5, 5.41) is 0. The van der Waals surface area contributed by atoms with Crippen LogP contribution in [0.4, 0.5) is 4.39 Å². The fourth-order valence-corrected chi connectivity index (χ4v) is 3.05. The van der Waals surface area contributed by atoms with E-state index in [1.807, 2.05) is 18.2 Å². The molecule has 3 aromatic rings. The summed E-state index contributed by atoms with van der Waals surface area (Å²) in [6.45, 7) is 2.22. The van der Waals surface area contributed by atoms with Crippen molar-refractivity contribution in [3.8, 4) is 11.1 Å². The number of halogens is 1. The van der Waals surface area contributed by atoms with Gasteiger partial charge in [0.15, 0.2) is 0 Å². The van der Waals surface area contributed by atoms with Crippen LogP contribution in [0.3, 0.4) is 0 Å². The Morgan fingerprint density at radius 3 is 2.36 bits per heavy atom. The molecule has 0 aliphatic carbocycles. The first-order chi connectivity index (χ1) is 12.3. The molecular weight excluding hydrogens is 307 g/mol. The Kier molecular flexibility index (Phi) is 5.79. The third-order valence-corrected chi connectivity index (χ3v) is 4.37. The monoisotopic (exact) mass is 330 g/mol. The lowest BCUT2D eigenvalue weighted by Gasteiger charge is -2.12. The van der Waals surface area contributed by atoms with Crippen LogP contribution in [-0.2, 0) is 6.42 Å². The van der Waals surface area contributed by atoms with E-state index in [0.717, 1.165) is 17.5 Å². The lowest BCUT2D eigenvalue weighted by Crippen LogP contribution is -1.92. The summed E-state index contributed by atoms with van der Waals surface area (Å²) >= 11 is 0. The van der Waals surface area contributed by atoms with Crippen LogP contribution < -0.4 is 0 Å². The Morgan fingerprint density at radius 1 is 0.800 bits per heavy atom. The minimum Gasteiger partial charge on any atom is -0.207 e. The molecule has 1 heteroatoms. The summed E-state index contributed by atoms with van der Waals surface area (Å²) in [6, 6.07) is 23.7. The molecule has 3 rings (SSSR count). The van der Waals surface area contributed by atoms with Gasteiger partial charge in [0.1, 0.15) is 5.82 Å². The summed E-state index contributed by atoms with van der Waals surface area (Å²) in [5.41, 5.74) is 5.91. The molecule has 0 radical (unpaired) electrons. The van der Waals surface area contributed by atoms with Crippen LogP contribution in [0.2, 0.25) is 0 Å². The molecule has 25 heavy (non-hydrogen) atoms. The molecule has 0 heterocycles. The molecule has 0 saturated heterocycles. The summed E-state index contributed by atoms with van der Waals surface area (Å²) in [4.78, 5) is 0. The maximum absolute atomic E-state index is 13.4. The van der Waals surface area contributed by atoms with Gasteiger partial charge in [-0.15, -0.1) is 0 Å². The topological polar surface area (TPSA) is 0 Å². The lowest BCUT2D eigenvalue weighted by molar-refractivity contribution is 0.627. The zero-order chi connectivity index (χ0) is 17.5. The standard InChI is InChI=1S/C24H23F/c1-2-3-10-20-11-4-6-14-23(20)24-15-7-5-12-21(24)17-16-19-9-8-13-22(25)18-19/h4-9,11-18H,2-3,10H2,1H3. The minimum absolute atomic E-state index is 0.208. The molecule has 0 unspecified atom stereocenters. The SMILES string of the molecule is CCCCc1ccccc1-c1ccccc1C=Cc1cccc(F)c1. The van der Waals surface area contributed by atoms with Crippen LogP contribution in [0, 0.1) is 5.82 Å². The quantitative estimate of drug-likeness (QED) is 0.427. The van der Waals surface area contributed by atoms with Gasteiger partial charge in [0.2, 0.25) is 0 Å². The minimum atomic E-state index is -0.208. The summed E-state index contributed by atoms with van der Waals surface area (Å²) in [6.07, 6.45) is 7.51. The molecule has 0 aromatic heterocycles. The van der Waals surface area contributed by atoms with Crippen molar-refractivity contribution in [2.24, 2.45) is 0 Å². The number of aryl methyl sites for hydroxylation is 1. The van der Waals surface area contributed by atoms with Gasteiger partial charge in [-0.2, -0.15) is 0 Å². The highest BCUT2D eigenvalue weighted by atomic mass is 19.1. The van der Waals surface area contributed by atoms with Crippen LogP contribution in [0.15, 0.2) is 72.8 Å². The second-order valence-corrected chi connectivity index (χ2v) is 6.24. The van der Waals surface area contributed by atoms with Gasteiger partial charge in [-0.25, -0.2) is 4.39 Å². The van der Waals surface area contributed by atoms with Crippen molar-refractivity contribution in [3.05, 3.63) is 95.3 Å². The molecular formula is C24H23F. The average Bonchev–Trinajstić information content (AvgIpc) is 2.65. The number of hydrogen-bond acceptors (Lipinski definition) is 0. The molecule has 0 saturated carbocycles. The van der Waals surface area contributed by atoms with E-state index in [0.29, 0.717) is 0 Å². The Hall–Kier alpha value is -2.67. The van der Waals surface area contributed by atoms with E-state index in [9.17, 15) is 4.39 Å². The van der Waals surface area contributed by atoms with E-state index < -0.39 is 0 Å². The largest absolute Gasteiger partial charge is 0.207 e. The molecule has 0 aliphatic heterocycles. The zero-order valence-electron chi connectivity index (χ0n) is 14.6. The Morgan fingerprint density at radius 2 is 1.56 bits per heavy atom. The highest BCUT2D eigenvalue weighted by Gasteiger charge is 2.07. The van der Waals surface area contributed by atoms with Gasteiger partial charge in [-0.3, -0.25) is 0 Å². The van der Waals surface area contributed by atoms with E-state index in [1.54, 1.807) is 12.1 Å².